The number of para-hydroxylation sites is 1. The minimum atomic E-state index is 0.103. The molecule has 1 aliphatic carbocycles. The number of nitrogens with zero attached hydrogens (tertiary/aromatic N) is 3. The molecular formula is C16H20N4O. The third-order valence-electron chi connectivity index (χ3n) is 5.25. The zero-order valence-electron chi connectivity index (χ0n) is 12.3. The number of hydrogen-bond acceptors (Lipinski definition) is 3. The summed E-state index contributed by atoms with van der Waals surface area (Å²) in [5.41, 5.74) is 2.49. The number of rotatable bonds is 1. The third kappa shape index (κ3) is 2.03. The number of carbonyl (C=O) groups excluding carboxylic acids is 1. The Morgan fingerprint density at radius 1 is 1.38 bits per heavy atom. The van der Waals surface area contributed by atoms with Crippen LogP contribution in [0, 0.1) is 11.3 Å². The van der Waals surface area contributed by atoms with Gasteiger partial charge in [0.1, 0.15) is 11.0 Å². The van der Waals surface area contributed by atoms with Crippen molar-refractivity contribution in [1.82, 2.24) is 20.3 Å². The van der Waals surface area contributed by atoms with E-state index in [1.54, 1.807) is 0 Å². The zero-order valence-corrected chi connectivity index (χ0v) is 12.3. The molecule has 1 N–H and O–H groups in total. The van der Waals surface area contributed by atoms with Crippen molar-refractivity contribution in [2.45, 2.75) is 32.6 Å². The fraction of sp³-hybridized carbons (Fsp3) is 0.562. The molecule has 1 spiro atoms. The lowest BCUT2D eigenvalue weighted by Crippen LogP contribution is -2.31. The Labute approximate surface area is 123 Å². The Hall–Kier alpha value is -1.91. The molecule has 110 valence electrons. The van der Waals surface area contributed by atoms with Gasteiger partial charge >= 0.3 is 0 Å². The molecule has 0 radical (unpaired) electrons. The number of fused-ring (bicyclic) bond motifs is 1. The van der Waals surface area contributed by atoms with Crippen molar-refractivity contribution in [2.75, 3.05) is 13.1 Å². The summed E-state index contributed by atoms with van der Waals surface area (Å²) >= 11 is 0. The largest absolute Gasteiger partial charge is 0.338 e. The second-order valence-electron chi connectivity index (χ2n) is 6.82. The van der Waals surface area contributed by atoms with Gasteiger partial charge in [-0.3, -0.25) is 4.79 Å². The molecule has 5 heteroatoms. The fourth-order valence-corrected chi connectivity index (χ4v) is 4.19. The fourth-order valence-electron chi connectivity index (χ4n) is 4.19. The summed E-state index contributed by atoms with van der Waals surface area (Å²) < 4.78 is 0. The maximum Gasteiger partial charge on any atom is 0.256 e. The van der Waals surface area contributed by atoms with Gasteiger partial charge in [-0.05, 0) is 42.7 Å². The van der Waals surface area contributed by atoms with Crippen molar-refractivity contribution < 1.29 is 4.79 Å². The van der Waals surface area contributed by atoms with Crippen molar-refractivity contribution in [2.24, 2.45) is 11.3 Å². The quantitative estimate of drug-likeness (QED) is 0.875. The van der Waals surface area contributed by atoms with Crippen molar-refractivity contribution in [1.29, 1.82) is 0 Å². The molecule has 2 heterocycles. The summed E-state index contributed by atoms with van der Waals surface area (Å²) in [5.74, 6) is 0.907. The highest BCUT2D eigenvalue weighted by atomic mass is 16.2. The van der Waals surface area contributed by atoms with Crippen LogP contribution in [-0.4, -0.2) is 39.3 Å². The Bertz CT molecular complexity index is 694. The Balaban J connectivity index is 1.60. The average Bonchev–Trinajstić information content (AvgIpc) is 3.19. The number of amides is 1. The van der Waals surface area contributed by atoms with Crippen LogP contribution in [0.15, 0.2) is 18.2 Å². The van der Waals surface area contributed by atoms with Gasteiger partial charge in [0.05, 0.1) is 5.56 Å². The Kier molecular flexibility index (Phi) is 2.77. The van der Waals surface area contributed by atoms with Gasteiger partial charge in [-0.25, -0.2) is 0 Å². The summed E-state index contributed by atoms with van der Waals surface area (Å²) in [4.78, 5) is 14.8. The van der Waals surface area contributed by atoms with E-state index in [9.17, 15) is 4.79 Å². The van der Waals surface area contributed by atoms with Crippen molar-refractivity contribution >= 4 is 16.9 Å². The van der Waals surface area contributed by atoms with Gasteiger partial charge in [-0.1, -0.05) is 19.4 Å². The van der Waals surface area contributed by atoms with Crippen LogP contribution >= 0.6 is 0 Å². The van der Waals surface area contributed by atoms with E-state index in [1.165, 1.54) is 19.3 Å². The lowest BCUT2D eigenvalue weighted by molar-refractivity contribution is 0.0774. The van der Waals surface area contributed by atoms with Gasteiger partial charge in [0.2, 0.25) is 0 Å². The number of aromatic amines is 1. The second-order valence-corrected chi connectivity index (χ2v) is 6.82. The highest BCUT2D eigenvalue weighted by molar-refractivity contribution is 6.04. The molecule has 21 heavy (non-hydrogen) atoms. The van der Waals surface area contributed by atoms with Gasteiger partial charge in [0.25, 0.3) is 5.91 Å². The number of aromatic nitrogens is 3. The van der Waals surface area contributed by atoms with Crippen LogP contribution in [0.3, 0.4) is 0 Å². The molecule has 1 saturated carbocycles. The van der Waals surface area contributed by atoms with E-state index in [4.69, 9.17) is 0 Å². The molecule has 1 aliphatic heterocycles. The van der Waals surface area contributed by atoms with E-state index in [0.717, 1.165) is 30.9 Å². The van der Waals surface area contributed by atoms with Crippen molar-refractivity contribution in [3.8, 4) is 0 Å². The number of benzene rings is 1. The summed E-state index contributed by atoms with van der Waals surface area (Å²) in [5, 5.41) is 10.8. The van der Waals surface area contributed by atoms with Crippen LogP contribution in [0.5, 0.6) is 0 Å². The first-order valence-corrected chi connectivity index (χ1v) is 7.76. The van der Waals surface area contributed by atoms with Gasteiger partial charge in [-0.2, -0.15) is 15.4 Å². The van der Waals surface area contributed by atoms with Crippen molar-refractivity contribution in [3.05, 3.63) is 23.8 Å². The molecule has 2 aromatic rings. The van der Waals surface area contributed by atoms with Gasteiger partial charge in [0.15, 0.2) is 0 Å². The number of carbonyl (C=O) groups is 1. The summed E-state index contributed by atoms with van der Waals surface area (Å²) in [6, 6.07) is 5.61. The first-order valence-electron chi connectivity index (χ1n) is 7.76. The van der Waals surface area contributed by atoms with Crippen molar-refractivity contribution in [3.63, 3.8) is 0 Å². The summed E-state index contributed by atoms with van der Waals surface area (Å²) in [6.45, 7) is 4.11. The average molecular weight is 284 g/mol. The first kappa shape index (κ1) is 12.8. The smallest absolute Gasteiger partial charge is 0.256 e. The Morgan fingerprint density at radius 2 is 2.29 bits per heavy atom. The number of nitrogens with one attached hydrogen (secondary N) is 1. The van der Waals surface area contributed by atoms with Gasteiger partial charge in [-0.15, -0.1) is 0 Å². The van der Waals surface area contributed by atoms with Crippen LogP contribution in [0.25, 0.3) is 11.0 Å². The predicted molar refractivity (Wildman–Crippen MR) is 79.9 cm³/mol. The van der Waals surface area contributed by atoms with Crippen LogP contribution in [0.1, 0.15) is 43.0 Å². The number of H-pyrrole nitrogens is 1. The van der Waals surface area contributed by atoms with Gasteiger partial charge < -0.3 is 4.90 Å². The molecule has 5 nitrogen and oxygen atoms in total. The van der Waals surface area contributed by atoms with Crippen LogP contribution in [0.4, 0.5) is 0 Å². The standard InChI is InChI=1S/C16H20N4O/c1-11-5-6-16(9-11)7-8-20(10-16)15(21)12-3-2-4-13-14(12)18-19-17-13/h2-4,11H,5-10H2,1H3,(H,17,18,19). The lowest BCUT2D eigenvalue weighted by Gasteiger charge is -2.24. The third-order valence-corrected chi connectivity index (χ3v) is 5.25. The Morgan fingerprint density at radius 3 is 3.10 bits per heavy atom. The molecule has 2 unspecified atom stereocenters. The van der Waals surface area contributed by atoms with E-state index < -0.39 is 0 Å². The van der Waals surface area contributed by atoms with E-state index >= 15 is 0 Å². The van der Waals surface area contributed by atoms with Crippen LogP contribution < -0.4 is 0 Å². The molecular weight excluding hydrogens is 264 g/mol. The maximum atomic E-state index is 12.8. The van der Waals surface area contributed by atoms with Crippen LogP contribution in [0.2, 0.25) is 0 Å². The molecule has 4 rings (SSSR count). The van der Waals surface area contributed by atoms with Crippen LogP contribution in [-0.2, 0) is 0 Å². The first-order chi connectivity index (χ1) is 10.2. The molecule has 1 amide bonds. The highest BCUT2D eigenvalue weighted by Crippen LogP contribution is 2.48. The summed E-state index contributed by atoms with van der Waals surface area (Å²) in [6.07, 6.45) is 5.00. The topological polar surface area (TPSA) is 61.9 Å². The molecule has 2 atom stereocenters. The minimum absolute atomic E-state index is 0.103. The van der Waals surface area contributed by atoms with Gasteiger partial charge in [0, 0.05) is 13.1 Å². The molecule has 1 saturated heterocycles. The SMILES string of the molecule is CC1CCC2(CCN(C(=O)c3cccc4n[nH]nc34)C2)C1. The lowest BCUT2D eigenvalue weighted by atomic mass is 9.85. The van der Waals surface area contributed by atoms with E-state index in [0.29, 0.717) is 16.5 Å². The van der Waals surface area contributed by atoms with E-state index in [2.05, 4.69) is 22.3 Å². The van der Waals surface area contributed by atoms with E-state index in [1.807, 2.05) is 23.1 Å². The predicted octanol–water partition coefficient (Wildman–Crippen LogP) is 2.61. The molecule has 2 aliphatic rings. The highest BCUT2D eigenvalue weighted by Gasteiger charge is 2.44. The maximum absolute atomic E-state index is 12.8. The summed E-state index contributed by atoms with van der Waals surface area (Å²) in [7, 11) is 0. The molecule has 2 fully saturated rings. The number of hydrogen-bond donors (Lipinski definition) is 1. The monoisotopic (exact) mass is 284 g/mol. The zero-order chi connectivity index (χ0) is 14.4. The second kappa shape index (κ2) is 4.55. The number of likely N-dealkylation sites (tertiary alicyclic amines) is 1. The van der Waals surface area contributed by atoms with E-state index in [-0.39, 0.29) is 5.91 Å². The molecule has 1 aromatic heterocycles. The molecule has 1 aromatic carbocycles. The normalized spacial score (nSPS) is 28.8. The minimum Gasteiger partial charge on any atom is -0.338 e. The molecule has 0 bridgehead atoms.